The monoisotopic (exact) mass is 294 g/mol. The maximum absolute atomic E-state index is 12.5. The molecule has 0 aromatic carbocycles. The van der Waals surface area contributed by atoms with Crippen molar-refractivity contribution in [3.63, 3.8) is 0 Å². The van der Waals surface area contributed by atoms with Gasteiger partial charge < -0.3 is 0 Å². The van der Waals surface area contributed by atoms with E-state index in [-0.39, 0.29) is 22.8 Å². The zero-order chi connectivity index (χ0) is 14.3. The Morgan fingerprint density at radius 3 is 2.70 bits per heavy atom. The van der Waals surface area contributed by atoms with Crippen LogP contribution >= 0.6 is 11.6 Å². The molecule has 2 heterocycles. The van der Waals surface area contributed by atoms with Gasteiger partial charge in [0.25, 0.3) is 0 Å². The summed E-state index contributed by atoms with van der Waals surface area (Å²) in [6.45, 7) is 2.46. The van der Waals surface area contributed by atoms with Crippen LogP contribution in [0.2, 0.25) is 5.28 Å². The number of fused-ring (bicyclic) bond motifs is 1. The van der Waals surface area contributed by atoms with Gasteiger partial charge in [0.1, 0.15) is 11.3 Å². The summed E-state index contributed by atoms with van der Waals surface area (Å²) >= 11 is 5.86. The van der Waals surface area contributed by atoms with Crippen LogP contribution in [0.3, 0.4) is 0 Å². The number of aryl methyl sites for hydroxylation is 1. The molecule has 0 aliphatic heterocycles. The summed E-state index contributed by atoms with van der Waals surface area (Å²) in [5.41, 5.74) is 1.16. The van der Waals surface area contributed by atoms with Gasteiger partial charge in [-0.15, -0.1) is 0 Å². The SMILES string of the molecule is CCn1c(=O)n(C2CCC(=O)CC2)c2nc(Cl)ncc21. The number of rotatable bonds is 2. The molecule has 1 saturated carbocycles. The first-order valence-corrected chi connectivity index (χ1v) is 7.14. The van der Waals surface area contributed by atoms with E-state index in [9.17, 15) is 9.59 Å². The molecule has 2 aromatic heterocycles. The molecule has 3 rings (SSSR count). The van der Waals surface area contributed by atoms with Gasteiger partial charge in [-0.1, -0.05) is 0 Å². The zero-order valence-electron chi connectivity index (χ0n) is 11.2. The van der Waals surface area contributed by atoms with Crippen molar-refractivity contribution in [2.75, 3.05) is 0 Å². The molecule has 2 aromatic rings. The third-order valence-corrected chi connectivity index (χ3v) is 4.05. The summed E-state index contributed by atoms with van der Waals surface area (Å²) in [7, 11) is 0. The smallest absolute Gasteiger partial charge is 0.300 e. The Morgan fingerprint density at radius 2 is 2.05 bits per heavy atom. The largest absolute Gasteiger partial charge is 0.330 e. The molecule has 0 unspecified atom stereocenters. The lowest BCUT2D eigenvalue weighted by molar-refractivity contribution is -0.120. The molecule has 1 fully saturated rings. The van der Waals surface area contributed by atoms with Gasteiger partial charge in [0, 0.05) is 25.4 Å². The minimum Gasteiger partial charge on any atom is -0.300 e. The van der Waals surface area contributed by atoms with E-state index in [1.807, 2.05) is 6.92 Å². The number of Topliss-reactive ketones (excluding diaryl/α,β-unsaturated/α-hetero) is 1. The second-order valence-corrected chi connectivity index (χ2v) is 5.35. The van der Waals surface area contributed by atoms with E-state index in [1.54, 1.807) is 15.3 Å². The van der Waals surface area contributed by atoms with Crippen LogP contribution in [-0.2, 0) is 11.3 Å². The van der Waals surface area contributed by atoms with Gasteiger partial charge in [0.15, 0.2) is 5.65 Å². The lowest BCUT2D eigenvalue weighted by Crippen LogP contribution is -2.29. The summed E-state index contributed by atoms with van der Waals surface area (Å²) in [5, 5.41) is 0.131. The maximum atomic E-state index is 12.5. The van der Waals surface area contributed by atoms with Crippen LogP contribution in [0, 0.1) is 0 Å². The van der Waals surface area contributed by atoms with Crippen LogP contribution in [0.5, 0.6) is 0 Å². The quantitative estimate of drug-likeness (QED) is 0.794. The summed E-state index contributed by atoms with van der Waals surface area (Å²) in [6, 6.07) is 0.0152. The van der Waals surface area contributed by atoms with Crippen LogP contribution in [0.15, 0.2) is 11.0 Å². The highest BCUT2D eigenvalue weighted by Crippen LogP contribution is 2.28. The number of hydrogen-bond donors (Lipinski definition) is 0. The van der Waals surface area contributed by atoms with Gasteiger partial charge in [-0.2, -0.15) is 4.98 Å². The highest BCUT2D eigenvalue weighted by molar-refractivity contribution is 6.28. The molecule has 0 amide bonds. The highest BCUT2D eigenvalue weighted by Gasteiger charge is 2.25. The zero-order valence-corrected chi connectivity index (χ0v) is 11.9. The number of hydrogen-bond acceptors (Lipinski definition) is 4. The number of halogens is 1. The Labute approximate surface area is 120 Å². The average Bonchev–Trinajstić information content (AvgIpc) is 2.71. The molecule has 0 N–H and O–H groups in total. The van der Waals surface area contributed by atoms with Crippen molar-refractivity contribution in [3.8, 4) is 0 Å². The number of aromatic nitrogens is 4. The molecular formula is C13H15ClN4O2. The molecule has 7 heteroatoms. The standard InChI is InChI=1S/C13H15ClN4O2/c1-2-17-10-7-15-12(14)16-11(10)18(13(17)20)8-3-5-9(19)6-4-8/h7-8H,2-6H2,1H3. The first-order chi connectivity index (χ1) is 9.61. The minimum atomic E-state index is -0.0987. The molecular weight excluding hydrogens is 280 g/mol. The molecule has 6 nitrogen and oxygen atoms in total. The van der Waals surface area contributed by atoms with E-state index >= 15 is 0 Å². The summed E-state index contributed by atoms with van der Waals surface area (Å²) < 4.78 is 3.32. The fourth-order valence-corrected chi connectivity index (χ4v) is 2.98. The fourth-order valence-electron chi connectivity index (χ4n) is 2.85. The molecule has 0 radical (unpaired) electrons. The molecule has 1 aliphatic rings. The third-order valence-electron chi connectivity index (χ3n) is 3.87. The summed E-state index contributed by atoms with van der Waals surface area (Å²) in [4.78, 5) is 32.1. The van der Waals surface area contributed by atoms with Crippen molar-refractivity contribution in [1.29, 1.82) is 0 Å². The van der Waals surface area contributed by atoms with Gasteiger partial charge in [-0.05, 0) is 31.4 Å². The van der Waals surface area contributed by atoms with E-state index in [0.29, 0.717) is 43.4 Å². The second-order valence-electron chi connectivity index (χ2n) is 5.01. The first-order valence-electron chi connectivity index (χ1n) is 6.76. The molecule has 20 heavy (non-hydrogen) atoms. The summed E-state index contributed by atoms with van der Waals surface area (Å²) in [5.74, 6) is 0.265. The number of carbonyl (C=O) groups excluding carboxylic acids is 1. The molecule has 0 bridgehead atoms. The maximum Gasteiger partial charge on any atom is 0.330 e. The highest BCUT2D eigenvalue weighted by atomic mass is 35.5. The van der Waals surface area contributed by atoms with Gasteiger partial charge in [-0.25, -0.2) is 9.78 Å². The fraction of sp³-hybridized carbons (Fsp3) is 0.538. The second kappa shape index (κ2) is 5.01. The van der Waals surface area contributed by atoms with Gasteiger partial charge in [0.05, 0.1) is 6.20 Å². The van der Waals surface area contributed by atoms with Crippen LogP contribution in [-0.4, -0.2) is 24.9 Å². The van der Waals surface area contributed by atoms with Crippen molar-refractivity contribution >= 4 is 28.5 Å². The minimum absolute atomic E-state index is 0.0152. The summed E-state index contributed by atoms with van der Waals surface area (Å²) in [6.07, 6.45) is 4.00. The van der Waals surface area contributed by atoms with Gasteiger partial charge in [0.2, 0.25) is 5.28 Å². The Kier molecular flexibility index (Phi) is 3.33. The molecule has 0 spiro atoms. The van der Waals surface area contributed by atoms with Crippen molar-refractivity contribution < 1.29 is 4.79 Å². The molecule has 0 atom stereocenters. The first kappa shape index (κ1) is 13.3. The number of imidazole rings is 1. The van der Waals surface area contributed by atoms with Crippen molar-refractivity contribution in [3.05, 3.63) is 22.0 Å². The van der Waals surface area contributed by atoms with Crippen molar-refractivity contribution in [1.82, 2.24) is 19.1 Å². The van der Waals surface area contributed by atoms with Crippen molar-refractivity contribution in [2.24, 2.45) is 0 Å². The van der Waals surface area contributed by atoms with Gasteiger partial charge in [-0.3, -0.25) is 13.9 Å². The lowest BCUT2D eigenvalue weighted by atomic mass is 9.94. The Bertz CT molecular complexity index is 724. The lowest BCUT2D eigenvalue weighted by Gasteiger charge is -2.21. The van der Waals surface area contributed by atoms with E-state index in [4.69, 9.17) is 11.6 Å². The Balaban J connectivity index is 2.18. The molecule has 0 saturated heterocycles. The molecule has 106 valence electrons. The van der Waals surface area contributed by atoms with E-state index in [2.05, 4.69) is 9.97 Å². The van der Waals surface area contributed by atoms with Gasteiger partial charge >= 0.3 is 5.69 Å². The Hall–Kier alpha value is -1.69. The average molecular weight is 295 g/mol. The van der Waals surface area contributed by atoms with E-state index < -0.39 is 0 Å². The van der Waals surface area contributed by atoms with Crippen LogP contribution < -0.4 is 5.69 Å². The number of carbonyl (C=O) groups is 1. The Morgan fingerprint density at radius 1 is 1.35 bits per heavy atom. The van der Waals surface area contributed by atoms with Crippen LogP contribution in [0.25, 0.3) is 11.2 Å². The predicted octanol–water partition coefficient (Wildman–Crippen LogP) is 1.95. The normalized spacial score (nSPS) is 17.0. The van der Waals surface area contributed by atoms with Crippen molar-refractivity contribution in [2.45, 2.75) is 45.2 Å². The number of nitrogens with zero attached hydrogens (tertiary/aromatic N) is 4. The van der Waals surface area contributed by atoms with Crippen LogP contribution in [0.1, 0.15) is 38.6 Å². The molecule has 1 aliphatic carbocycles. The van der Waals surface area contributed by atoms with E-state index in [1.165, 1.54) is 0 Å². The third kappa shape index (κ3) is 2.04. The topological polar surface area (TPSA) is 69.8 Å². The van der Waals surface area contributed by atoms with Crippen LogP contribution in [0.4, 0.5) is 0 Å². The van der Waals surface area contributed by atoms with E-state index in [0.717, 1.165) is 0 Å². The number of ketones is 1. The predicted molar refractivity (Wildman–Crippen MR) is 75.0 cm³/mol.